The van der Waals surface area contributed by atoms with Gasteiger partial charge in [0.15, 0.2) is 0 Å². The monoisotopic (exact) mass is 470 g/mol. The third-order valence-electron chi connectivity index (χ3n) is 7.78. The number of benzene rings is 1. The first-order valence-electron chi connectivity index (χ1n) is 13.3. The van der Waals surface area contributed by atoms with E-state index in [1.54, 1.807) is 4.90 Å². The van der Waals surface area contributed by atoms with E-state index < -0.39 is 6.04 Å². The third-order valence-corrected chi connectivity index (χ3v) is 7.78. The van der Waals surface area contributed by atoms with Crippen LogP contribution in [0.2, 0.25) is 0 Å². The molecule has 3 atom stereocenters. The number of carbonyl (C=O) groups is 2. The molecule has 2 amide bonds. The lowest BCUT2D eigenvalue weighted by Crippen LogP contribution is -2.47. The summed E-state index contributed by atoms with van der Waals surface area (Å²) in [6, 6.07) is 7.34. The Hall–Kier alpha value is -1.96. The molecule has 7 nitrogen and oxygen atoms in total. The number of rotatable bonds is 9. The molecule has 1 saturated carbocycles. The van der Waals surface area contributed by atoms with Crippen LogP contribution in [0.4, 0.5) is 0 Å². The lowest BCUT2D eigenvalue weighted by atomic mass is 9.88. The van der Waals surface area contributed by atoms with Crippen molar-refractivity contribution in [3.8, 4) is 0 Å². The summed E-state index contributed by atoms with van der Waals surface area (Å²) in [5.41, 5.74) is 7.38. The molecule has 34 heavy (non-hydrogen) atoms. The zero-order valence-electron chi connectivity index (χ0n) is 20.7. The molecule has 1 aromatic rings. The fourth-order valence-electron chi connectivity index (χ4n) is 5.85. The van der Waals surface area contributed by atoms with E-state index in [1.807, 2.05) is 31.2 Å². The topological polar surface area (TPSA) is 87.9 Å². The Morgan fingerprint density at radius 2 is 1.85 bits per heavy atom. The summed E-state index contributed by atoms with van der Waals surface area (Å²) in [6.07, 6.45) is 9.66. The lowest BCUT2D eigenvalue weighted by molar-refractivity contribution is -0.124. The van der Waals surface area contributed by atoms with Crippen LogP contribution in [0, 0.1) is 12.8 Å². The maximum Gasteiger partial charge on any atom is 0.254 e. The van der Waals surface area contributed by atoms with Crippen LogP contribution >= 0.6 is 0 Å². The first-order valence-corrected chi connectivity index (χ1v) is 13.3. The minimum Gasteiger partial charge on any atom is -0.377 e. The second-order valence-corrected chi connectivity index (χ2v) is 10.4. The number of amides is 2. The highest BCUT2D eigenvalue weighted by Crippen LogP contribution is 2.30. The highest BCUT2D eigenvalue weighted by Gasteiger charge is 2.43. The van der Waals surface area contributed by atoms with Crippen LogP contribution in [0.15, 0.2) is 24.3 Å². The molecule has 1 aliphatic carbocycles. The number of aryl methyl sites for hydroxylation is 1. The molecule has 4 rings (SSSR count). The van der Waals surface area contributed by atoms with Gasteiger partial charge in [0.1, 0.15) is 6.04 Å². The second-order valence-electron chi connectivity index (χ2n) is 10.4. The molecule has 7 heteroatoms. The van der Waals surface area contributed by atoms with Crippen molar-refractivity contribution >= 4 is 11.8 Å². The van der Waals surface area contributed by atoms with Crippen molar-refractivity contribution in [1.82, 2.24) is 15.1 Å². The molecule has 2 saturated heterocycles. The van der Waals surface area contributed by atoms with Crippen LogP contribution in [-0.4, -0.2) is 79.1 Å². The van der Waals surface area contributed by atoms with E-state index in [4.69, 9.17) is 10.5 Å². The third kappa shape index (κ3) is 6.37. The molecule has 0 bridgehead atoms. The fraction of sp³-hybridized carbons (Fsp3) is 0.704. The van der Waals surface area contributed by atoms with Gasteiger partial charge in [-0.2, -0.15) is 0 Å². The van der Waals surface area contributed by atoms with Crippen LogP contribution < -0.4 is 11.1 Å². The van der Waals surface area contributed by atoms with Gasteiger partial charge in [0.25, 0.3) is 5.91 Å². The Labute approximate surface area is 204 Å². The van der Waals surface area contributed by atoms with E-state index >= 15 is 0 Å². The molecule has 2 aliphatic heterocycles. The summed E-state index contributed by atoms with van der Waals surface area (Å²) >= 11 is 0. The Kier molecular flexibility index (Phi) is 8.98. The summed E-state index contributed by atoms with van der Waals surface area (Å²) in [6.45, 7) is 6.17. The van der Waals surface area contributed by atoms with Gasteiger partial charge in [-0.3, -0.25) is 14.5 Å². The zero-order valence-corrected chi connectivity index (χ0v) is 20.7. The van der Waals surface area contributed by atoms with Gasteiger partial charge in [-0.05, 0) is 57.1 Å². The number of hydrogen-bond donors (Lipinski definition) is 2. The van der Waals surface area contributed by atoms with Gasteiger partial charge in [-0.15, -0.1) is 0 Å². The van der Waals surface area contributed by atoms with E-state index in [0.717, 1.165) is 38.1 Å². The Morgan fingerprint density at radius 3 is 2.53 bits per heavy atom. The molecule has 1 aromatic carbocycles. The quantitative estimate of drug-likeness (QED) is 0.579. The van der Waals surface area contributed by atoms with Gasteiger partial charge >= 0.3 is 0 Å². The van der Waals surface area contributed by atoms with E-state index in [1.165, 1.54) is 32.1 Å². The highest BCUT2D eigenvalue weighted by atomic mass is 16.5. The van der Waals surface area contributed by atoms with E-state index in [-0.39, 0.29) is 24.0 Å². The maximum absolute atomic E-state index is 13.5. The average Bonchev–Trinajstić information content (AvgIpc) is 3.53. The lowest BCUT2D eigenvalue weighted by Gasteiger charge is -2.35. The standard InChI is InChI=1S/C27H42N4O3/c1-20-9-11-22(12-10-20)27(33)31-18-23(16-25(31)26(32)29-14-13-28)30(19-24-8-5-15-34-24)17-21-6-3-2-4-7-21/h9-12,21,23-25H,2-8,13-19,28H2,1H3,(H,29,32). The van der Waals surface area contributed by atoms with Gasteiger partial charge in [0.05, 0.1) is 6.10 Å². The second kappa shape index (κ2) is 12.1. The summed E-state index contributed by atoms with van der Waals surface area (Å²) < 4.78 is 6.00. The normalized spacial score (nSPS) is 25.7. The number of carbonyl (C=O) groups excluding carboxylic acids is 2. The molecule has 3 unspecified atom stereocenters. The van der Waals surface area contributed by atoms with Gasteiger partial charge in [-0.1, -0.05) is 37.0 Å². The molecule has 0 radical (unpaired) electrons. The molecule has 3 aliphatic rings. The van der Waals surface area contributed by atoms with Crippen molar-refractivity contribution in [3.05, 3.63) is 35.4 Å². The number of nitrogens with two attached hydrogens (primary N) is 1. The summed E-state index contributed by atoms with van der Waals surface area (Å²) in [5, 5.41) is 2.93. The zero-order chi connectivity index (χ0) is 23.9. The number of hydrogen-bond acceptors (Lipinski definition) is 5. The van der Waals surface area contributed by atoms with Crippen molar-refractivity contribution in [1.29, 1.82) is 0 Å². The van der Waals surface area contributed by atoms with Gasteiger partial charge in [0, 0.05) is 50.9 Å². The first-order chi connectivity index (χ1) is 16.5. The molecule has 3 N–H and O–H groups in total. The van der Waals surface area contributed by atoms with E-state index in [2.05, 4.69) is 10.2 Å². The smallest absolute Gasteiger partial charge is 0.254 e. The predicted octanol–water partition coefficient (Wildman–Crippen LogP) is 2.71. The van der Waals surface area contributed by atoms with E-state index in [9.17, 15) is 9.59 Å². The Balaban J connectivity index is 1.53. The first kappa shape index (κ1) is 25.1. The van der Waals surface area contributed by atoms with E-state index in [0.29, 0.717) is 37.5 Å². The molecule has 0 aromatic heterocycles. The van der Waals surface area contributed by atoms with Gasteiger partial charge in [-0.25, -0.2) is 0 Å². The summed E-state index contributed by atoms with van der Waals surface area (Å²) in [7, 11) is 0. The Bertz CT molecular complexity index is 803. The number of nitrogens with zero attached hydrogens (tertiary/aromatic N) is 2. The number of likely N-dealkylation sites (tertiary alicyclic amines) is 1. The predicted molar refractivity (Wildman–Crippen MR) is 134 cm³/mol. The van der Waals surface area contributed by atoms with Crippen molar-refractivity contribution in [2.45, 2.75) is 76.5 Å². The average molecular weight is 471 g/mol. The molecule has 188 valence electrons. The molecular formula is C27H42N4O3. The summed E-state index contributed by atoms with van der Waals surface area (Å²) in [5.74, 6) is 0.537. The van der Waals surface area contributed by atoms with Crippen LogP contribution in [0.1, 0.15) is 67.3 Å². The van der Waals surface area contributed by atoms with Crippen LogP contribution in [0.5, 0.6) is 0 Å². The molecular weight excluding hydrogens is 428 g/mol. The largest absolute Gasteiger partial charge is 0.377 e. The number of ether oxygens (including phenoxy) is 1. The minimum atomic E-state index is -0.469. The highest BCUT2D eigenvalue weighted by molar-refractivity contribution is 5.98. The molecule has 3 fully saturated rings. The minimum absolute atomic E-state index is 0.0647. The fourth-order valence-corrected chi connectivity index (χ4v) is 5.85. The maximum atomic E-state index is 13.5. The van der Waals surface area contributed by atoms with Crippen LogP contribution in [0.3, 0.4) is 0 Å². The van der Waals surface area contributed by atoms with Gasteiger partial charge < -0.3 is 20.7 Å². The van der Waals surface area contributed by atoms with Crippen molar-refractivity contribution in [2.75, 3.05) is 39.3 Å². The molecule has 0 spiro atoms. The van der Waals surface area contributed by atoms with Crippen LogP contribution in [0.25, 0.3) is 0 Å². The van der Waals surface area contributed by atoms with Crippen molar-refractivity contribution in [2.24, 2.45) is 11.7 Å². The van der Waals surface area contributed by atoms with Crippen LogP contribution in [-0.2, 0) is 9.53 Å². The molecule has 2 heterocycles. The SMILES string of the molecule is Cc1ccc(C(=O)N2CC(N(CC3CCCCC3)CC3CCCO3)CC2C(=O)NCCN)cc1. The Morgan fingerprint density at radius 1 is 1.09 bits per heavy atom. The van der Waals surface area contributed by atoms with Crippen molar-refractivity contribution < 1.29 is 14.3 Å². The summed E-state index contributed by atoms with van der Waals surface area (Å²) in [4.78, 5) is 31.0. The van der Waals surface area contributed by atoms with Crippen molar-refractivity contribution in [3.63, 3.8) is 0 Å². The number of nitrogens with one attached hydrogen (secondary N) is 1. The van der Waals surface area contributed by atoms with Gasteiger partial charge in [0.2, 0.25) is 5.91 Å².